The van der Waals surface area contributed by atoms with Crippen molar-refractivity contribution in [1.29, 1.82) is 5.26 Å². The minimum Gasteiger partial charge on any atom is -0.192 e. The Bertz CT molecular complexity index is 688. The Balaban J connectivity index is 2.44. The van der Waals surface area contributed by atoms with E-state index in [9.17, 15) is 0 Å². The van der Waals surface area contributed by atoms with E-state index >= 15 is 0 Å². The van der Waals surface area contributed by atoms with E-state index in [-0.39, 0.29) is 0 Å². The Labute approximate surface area is 116 Å². The molecule has 2 rings (SSSR count). The summed E-state index contributed by atoms with van der Waals surface area (Å²) in [6.45, 7) is 0. The molecule has 1 nitrogen and oxygen atoms in total. The van der Waals surface area contributed by atoms with Crippen LogP contribution in [0.5, 0.6) is 0 Å². The Morgan fingerprint density at radius 1 is 0.778 bits per heavy atom. The lowest BCUT2D eigenvalue weighted by molar-refractivity contribution is 1.47. The highest BCUT2D eigenvalue weighted by Crippen LogP contribution is 2.24. The molecule has 0 unspecified atom stereocenters. The van der Waals surface area contributed by atoms with Crippen LogP contribution in [0.15, 0.2) is 42.5 Å². The van der Waals surface area contributed by atoms with Crippen LogP contribution in [0.1, 0.15) is 16.7 Å². The molecule has 0 N–H and O–H groups in total. The van der Waals surface area contributed by atoms with E-state index < -0.39 is 0 Å². The van der Waals surface area contributed by atoms with Gasteiger partial charge in [-0.25, -0.2) is 0 Å². The van der Waals surface area contributed by atoms with Gasteiger partial charge in [0.2, 0.25) is 0 Å². The van der Waals surface area contributed by atoms with Crippen LogP contribution in [0, 0.1) is 23.2 Å². The first-order chi connectivity index (χ1) is 8.72. The molecule has 0 aliphatic rings. The monoisotopic (exact) mass is 271 g/mol. The van der Waals surface area contributed by atoms with Gasteiger partial charge in [-0.05, 0) is 24.3 Å². The lowest BCUT2D eigenvalue weighted by Gasteiger charge is -1.97. The average molecular weight is 272 g/mol. The first-order valence-electron chi connectivity index (χ1n) is 5.17. The molecule has 0 atom stereocenters. The molecule has 0 fully saturated rings. The van der Waals surface area contributed by atoms with Crippen molar-refractivity contribution in [3.63, 3.8) is 0 Å². The van der Waals surface area contributed by atoms with Crippen molar-refractivity contribution < 1.29 is 0 Å². The summed E-state index contributed by atoms with van der Waals surface area (Å²) in [5.74, 6) is 5.86. The molecule has 0 aliphatic heterocycles. The van der Waals surface area contributed by atoms with Gasteiger partial charge >= 0.3 is 0 Å². The van der Waals surface area contributed by atoms with E-state index in [1.165, 1.54) is 0 Å². The summed E-state index contributed by atoms with van der Waals surface area (Å²) in [5.41, 5.74) is 1.87. The van der Waals surface area contributed by atoms with Crippen LogP contribution in [-0.2, 0) is 0 Å². The molecular weight excluding hydrogens is 265 g/mol. The molecule has 0 saturated carbocycles. The van der Waals surface area contributed by atoms with E-state index in [0.717, 1.165) is 0 Å². The fourth-order valence-electron chi connectivity index (χ4n) is 1.42. The van der Waals surface area contributed by atoms with Gasteiger partial charge in [0.25, 0.3) is 0 Å². The molecule has 2 aromatic rings. The zero-order chi connectivity index (χ0) is 13.0. The summed E-state index contributed by atoms with van der Waals surface area (Å²) < 4.78 is 0. The minimum atomic E-state index is 0.432. The van der Waals surface area contributed by atoms with Crippen molar-refractivity contribution in [2.45, 2.75) is 0 Å². The Hall–Kier alpha value is -1.93. The van der Waals surface area contributed by atoms with Crippen molar-refractivity contribution in [3.05, 3.63) is 69.2 Å². The fraction of sp³-hybridized carbons (Fsp3) is 0. The highest BCUT2D eigenvalue weighted by atomic mass is 35.5. The molecule has 0 spiro atoms. The summed E-state index contributed by atoms with van der Waals surface area (Å²) in [4.78, 5) is 0. The quantitative estimate of drug-likeness (QED) is 0.657. The van der Waals surface area contributed by atoms with Gasteiger partial charge in [0.15, 0.2) is 0 Å². The first-order valence-corrected chi connectivity index (χ1v) is 5.93. The zero-order valence-corrected chi connectivity index (χ0v) is 10.8. The maximum Gasteiger partial charge on any atom is 0.100 e. The third kappa shape index (κ3) is 2.66. The zero-order valence-electron chi connectivity index (χ0n) is 9.24. The summed E-state index contributed by atoms with van der Waals surface area (Å²) in [6, 6.07) is 14.5. The largest absolute Gasteiger partial charge is 0.192 e. The summed E-state index contributed by atoms with van der Waals surface area (Å²) in [5, 5.41) is 9.85. The van der Waals surface area contributed by atoms with Crippen molar-refractivity contribution in [2.75, 3.05) is 0 Å². The fourth-order valence-corrected chi connectivity index (χ4v) is 1.77. The Morgan fingerprint density at radius 3 is 2.11 bits per heavy atom. The van der Waals surface area contributed by atoms with Gasteiger partial charge in [-0.3, -0.25) is 0 Å². The van der Waals surface area contributed by atoms with Gasteiger partial charge in [0.05, 0.1) is 15.6 Å². The van der Waals surface area contributed by atoms with E-state index in [1.807, 2.05) is 6.07 Å². The maximum absolute atomic E-state index is 8.95. The standard InChI is InChI=1S/C15H7Cl2N/c16-14-7-3-6-12(15(14)17)9-8-11-4-1-2-5-13(11)10-18/h1-7H. The molecule has 0 amide bonds. The predicted molar refractivity (Wildman–Crippen MR) is 73.6 cm³/mol. The van der Waals surface area contributed by atoms with Crippen LogP contribution in [0.3, 0.4) is 0 Å². The normalized spacial score (nSPS) is 9.17. The van der Waals surface area contributed by atoms with Crippen LogP contribution in [0.2, 0.25) is 10.0 Å². The molecule has 0 radical (unpaired) electrons. The molecule has 0 aliphatic carbocycles. The number of rotatable bonds is 0. The molecule has 18 heavy (non-hydrogen) atoms. The molecule has 2 aromatic carbocycles. The highest BCUT2D eigenvalue weighted by molar-refractivity contribution is 6.42. The number of hydrogen-bond acceptors (Lipinski definition) is 1. The SMILES string of the molecule is N#Cc1ccccc1C#Cc1cccc(Cl)c1Cl. The Kier molecular flexibility index (Phi) is 3.90. The van der Waals surface area contributed by atoms with E-state index in [0.29, 0.717) is 26.7 Å². The van der Waals surface area contributed by atoms with Crippen LogP contribution in [0.4, 0.5) is 0 Å². The van der Waals surface area contributed by atoms with Crippen molar-refractivity contribution >= 4 is 23.2 Å². The number of halogens is 2. The topological polar surface area (TPSA) is 23.8 Å². The van der Waals surface area contributed by atoms with Crippen LogP contribution >= 0.6 is 23.2 Å². The van der Waals surface area contributed by atoms with Crippen LogP contribution in [-0.4, -0.2) is 0 Å². The Morgan fingerprint density at radius 2 is 1.39 bits per heavy atom. The summed E-state index contributed by atoms with van der Waals surface area (Å²) >= 11 is 11.9. The molecule has 0 saturated heterocycles. The second-order valence-electron chi connectivity index (χ2n) is 3.51. The van der Waals surface area contributed by atoms with Crippen molar-refractivity contribution in [3.8, 4) is 17.9 Å². The second kappa shape index (κ2) is 5.61. The summed E-state index contributed by atoms with van der Waals surface area (Å²) in [6.07, 6.45) is 0. The van der Waals surface area contributed by atoms with Gasteiger partial charge in [-0.2, -0.15) is 5.26 Å². The lowest BCUT2D eigenvalue weighted by Crippen LogP contribution is -1.83. The first kappa shape index (κ1) is 12.5. The van der Waals surface area contributed by atoms with Crippen LogP contribution in [0.25, 0.3) is 0 Å². The highest BCUT2D eigenvalue weighted by Gasteiger charge is 2.01. The minimum absolute atomic E-state index is 0.432. The molecule has 0 aromatic heterocycles. The predicted octanol–water partition coefficient (Wildman–Crippen LogP) is 4.26. The smallest absolute Gasteiger partial charge is 0.100 e. The molecule has 3 heteroatoms. The van der Waals surface area contributed by atoms with E-state index in [4.69, 9.17) is 28.5 Å². The molecule has 86 valence electrons. The van der Waals surface area contributed by atoms with E-state index in [2.05, 4.69) is 17.9 Å². The van der Waals surface area contributed by atoms with Gasteiger partial charge in [-0.1, -0.05) is 53.2 Å². The van der Waals surface area contributed by atoms with Gasteiger partial charge < -0.3 is 0 Å². The number of hydrogen-bond donors (Lipinski definition) is 0. The maximum atomic E-state index is 8.95. The van der Waals surface area contributed by atoms with Gasteiger partial charge in [-0.15, -0.1) is 0 Å². The van der Waals surface area contributed by atoms with Crippen LogP contribution < -0.4 is 0 Å². The number of nitriles is 1. The summed E-state index contributed by atoms with van der Waals surface area (Å²) in [7, 11) is 0. The molecule has 0 heterocycles. The number of benzene rings is 2. The lowest BCUT2D eigenvalue weighted by atomic mass is 10.1. The second-order valence-corrected chi connectivity index (χ2v) is 4.29. The molecule has 0 bridgehead atoms. The van der Waals surface area contributed by atoms with E-state index in [1.54, 1.807) is 36.4 Å². The third-order valence-corrected chi connectivity index (χ3v) is 3.15. The van der Waals surface area contributed by atoms with Crippen molar-refractivity contribution in [1.82, 2.24) is 0 Å². The van der Waals surface area contributed by atoms with Gasteiger partial charge in [0.1, 0.15) is 6.07 Å². The van der Waals surface area contributed by atoms with Crippen molar-refractivity contribution in [2.24, 2.45) is 0 Å². The number of nitrogens with zero attached hydrogens (tertiary/aromatic N) is 1. The molecular formula is C15H7Cl2N. The van der Waals surface area contributed by atoms with Gasteiger partial charge in [0, 0.05) is 11.1 Å². The average Bonchev–Trinajstić information content (AvgIpc) is 2.41. The third-order valence-electron chi connectivity index (χ3n) is 2.33.